The number of carbonyl (C=O) groups excluding carboxylic acids is 2. The minimum atomic E-state index is -0.429. The third-order valence-electron chi connectivity index (χ3n) is 4.33. The Balaban J connectivity index is 1.72. The maximum atomic E-state index is 12.5. The minimum Gasteiger partial charge on any atom is -0.325 e. The van der Waals surface area contributed by atoms with Gasteiger partial charge in [-0.2, -0.15) is 5.26 Å². The molecule has 1 aliphatic rings. The van der Waals surface area contributed by atoms with Gasteiger partial charge < -0.3 is 10.2 Å². The molecule has 0 radical (unpaired) electrons. The fourth-order valence-electron chi connectivity index (χ4n) is 2.83. The number of hydrogen-bond acceptors (Lipinski definition) is 3. The van der Waals surface area contributed by atoms with Crippen molar-refractivity contribution >= 4 is 34.8 Å². The molecule has 2 amide bonds. The summed E-state index contributed by atoms with van der Waals surface area (Å²) < 4.78 is 0. The Bertz CT molecular complexity index is 871. The van der Waals surface area contributed by atoms with Crippen molar-refractivity contribution in [3.63, 3.8) is 0 Å². The van der Waals surface area contributed by atoms with E-state index in [0.29, 0.717) is 28.5 Å². The van der Waals surface area contributed by atoms with Crippen molar-refractivity contribution < 1.29 is 9.59 Å². The number of nitrogens with one attached hydrogen (secondary N) is 1. The van der Waals surface area contributed by atoms with E-state index in [4.69, 9.17) is 16.9 Å². The Hall–Kier alpha value is -2.84. The average molecular weight is 354 g/mol. The molecule has 2 aromatic rings. The monoisotopic (exact) mass is 353 g/mol. The van der Waals surface area contributed by atoms with E-state index >= 15 is 0 Å². The molecule has 5 nitrogen and oxygen atoms in total. The first-order valence-corrected chi connectivity index (χ1v) is 8.24. The third kappa shape index (κ3) is 3.49. The summed E-state index contributed by atoms with van der Waals surface area (Å²) in [5.74, 6) is -0.732. The summed E-state index contributed by atoms with van der Waals surface area (Å²) in [5.41, 5.74) is 2.67. The standard InChI is InChI=1S/C19H16ClN3O2/c1-12-16(20)3-2-4-17(12)22-19(25)14-9-18(24)23(11-14)15-7-5-13(10-21)6-8-15/h2-8,14H,9,11H2,1H3,(H,22,25). The lowest BCUT2D eigenvalue weighted by atomic mass is 10.1. The zero-order valence-electron chi connectivity index (χ0n) is 13.6. The van der Waals surface area contributed by atoms with Crippen LogP contribution in [0.25, 0.3) is 0 Å². The molecule has 1 saturated heterocycles. The van der Waals surface area contributed by atoms with Crippen LogP contribution in [0.1, 0.15) is 17.5 Å². The zero-order valence-corrected chi connectivity index (χ0v) is 14.4. The first-order valence-electron chi connectivity index (χ1n) is 7.86. The predicted molar refractivity (Wildman–Crippen MR) is 96.4 cm³/mol. The van der Waals surface area contributed by atoms with Gasteiger partial charge in [0.15, 0.2) is 0 Å². The molecule has 1 aliphatic heterocycles. The Labute approximate surface area is 150 Å². The number of hydrogen-bond donors (Lipinski definition) is 1. The molecule has 25 heavy (non-hydrogen) atoms. The first-order chi connectivity index (χ1) is 12.0. The highest BCUT2D eigenvalue weighted by molar-refractivity contribution is 6.31. The van der Waals surface area contributed by atoms with Crippen LogP contribution in [0.3, 0.4) is 0 Å². The summed E-state index contributed by atoms with van der Waals surface area (Å²) in [6.07, 6.45) is 0.158. The molecule has 1 unspecified atom stereocenters. The van der Waals surface area contributed by atoms with E-state index in [1.54, 1.807) is 47.4 Å². The molecule has 3 rings (SSSR count). The molecular weight excluding hydrogens is 338 g/mol. The van der Waals surface area contributed by atoms with E-state index in [0.717, 1.165) is 5.56 Å². The predicted octanol–water partition coefficient (Wildman–Crippen LogP) is 3.51. The van der Waals surface area contributed by atoms with Gasteiger partial charge in [-0.05, 0) is 48.9 Å². The van der Waals surface area contributed by atoms with Crippen molar-refractivity contribution in [1.29, 1.82) is 5.26 Å². The normalized spacial score (nSPS) is 16.6. The second-order valence-corrected chi connectivity index (χ2v) is 6.37. The zero-order chi connectivity index (χ0) is 18.0. The lowest BCUT2D eigenvalue weighted by Gasteiger charge is -2.17. The number of nitrogens with zero attached hydrogens (tertiary/aromatic N) is 2. The van der Waals surface area contributed by atoms with Gasteiger partial charge in [-0.1, -0.05) is 17.7 Å². The molecule has 126 valence electrons. The Morgan fingerprint density at radius 2 is 2.00 bits per heavy atom. The van der Waals surface area contributed by atoms with Crippen LogP contribution in [-0.2, 0) is 9.59 Å². The topological polar surface area (TPSA) is 73.2 Å². The van der Waals surface area contributed by atoms with Crippen molar-refractivity contribution in [2.45, 2.75) is 13.3 Å². The first kappa shape index (κ1) is 17.0. The number of halogens is 1. The second-order valence-electron chi connectivity index (χ2n) is 5.97. The maximum Gasteiger partial charge on any atom is 0.229 e. The summed E-state index contributed by atoms with van der Waals surface area (Å²) >= 11 is 6.07. The highest BCUT2D eigenvalue weighted by Crippen LogP contribution is 2.28. The van der Waals surface area contributed by atoms with Crippen molar-refractivity contribution in [1.82, 2.24) is 0 Å². The van der Waals surface area contributed by atoms with Crippen LogP contribution in [0.4, 0.5) is 11.4 Å². The van der Waals surface area contributed by atoms with Crippen LogP contribution in [0.15, 0.2) is 42.5 Å². The minimum absolute atomic E-state index is 0.104. The Morgan fingerprint density at radius 3 is 2.68 bits per heavy atom. The van der Waals surface area contributed by atoms with Crippen LogP contribution in [0.2, 0.25) is 5.02 Å². The van der Waals surface area contributed by atoms with Crippen LogP contribution in [0.5, 0.6) is 0 Å². The van der Waals surface area contributed by atoms with Crippen molar-refractivity contribution in [3.8, 4) is 6.07 Å². The average Bonchev–Trinajstić information content (AvgIpc) is 3.01. The lowest BCUT2D eigenvalue weighted by Crippen LogP contribution is -2.28. The number of rotatable bonds is 3. The highest BCUT2D eigenvalue weighted by Gasteiger charge is 2.35. The number of carbonyl (C=O) groups is 2. The molecule has 1 fully saturated rings. The second kappa shape index (κ2) is 6.96. The van der Waals surface area contributed by atoms with Crippen molar-refractivity contribution in [2.24, 2.45) is 5.92 Å². The number of nitriles is 1. The van der Waals surface area contributed by atoms with E-state index in [2.05, 4.69) is 5.32 Å². The molecular formula is C19H16ClN3O2. The number of benzene rings is 2. The van der Waals surface area contributed by atoms with Crippen LogP contribution in [0, 0.1) is 24.2 Å². The lowest BCUT2D eigenvalue weighted by molar-refractivity contribution is -0.122. The smallest absolute Gasteiger partial charge is 0.229 e. The van der Waals surface area contributed by atoms with Gasteiger partial charge in [-0.25, -0.2) is 0 Å². The van der Waals surface area contributed by atoms with Gasteiger partial charge in [0.05, 0.1) is 17.6 Å². The molecule has 0 bridgehead atoms. The molecule has 1 heterocycles. The number of amides is 2. The molecule has 0 aliphatic carbocycles. The van der Waals surface area contributed by atoms with Gasteiger partial charge in [0.25, 0.3) is 0 Å². The van der Waals surface area contributed by atoms with Gasteiger partial charge in [0.2, 0.25) is 11.8 Å². The van der Waals surface area contributed by atoms with E-state index < -0.39 is 5.92 Å². The van der Waals surface area contributed by atoms with Gasteiger partial charge in [0, 0.05) is 29.4 Å². The highest BCUT2D eigenvalue weighted by atomic mass is 35.5. The SMILES string of the molecule is Cc1c(Cl)cccc1NC(=O)C1CC(=O)N(c2ccc(C#N)cc2)C1. The fourth-order valence-corrected chi connectivity index (χ4v) is 3.00. The van der Waals surface area contributed by atoms with E-state index in [1.165, 1.54) is 0 Å². The quantitative estimate of drug-likeness (QED) is 0.917. The van der Waals surface area contributed by atoms with E-state index in [-0.39, 0.29) is 18.2 Å². The van der Waals surface area contributed by atoms with E-state index in [9.17, 15) is 9.59 Å². The summed E-state index contributed by atoms with van der Waals surface area (Å²) in [7, 11) is 0. The summed E-state index contributed by atoms with van der Waals surface area (Å²) in [6, 6.07) is 14.1. The van der Waals surface area contributed by atoms with Crippen LogP contribution >= 0.6 is 11.6 Å². The molecule has 1 atom stereocenters. The van der Waals surface area contributed by atoms with Gasteiger partial charge in [-0.3, -0.25) is 9.59 Å². The van der Waals surface area contributed by atoms with Crippen molar-refractivity contribution in [3.05, 3.63) is 58.6 Å². The third-order valence-corrected chi connectivity index (χ3v) is 4.74. The summed E-state index contributed by atoms with van der Waals surface area (Å²) in [6.45, 7) is 2.15. The summed E-state index contributed by atoms with van der Waals surface area (Å²) in [5, 5.41) is 12.3. The van der Waals surface area contributed by atoms with Crippen LogP contribution in [-0.4, -0.2) is 18.4 Å². The largest absolute Gasteiger partial charge is 0.325 e. The van der Waals surface area contributed by atoms with Crippen molar-refractivity contribution in [2.75, 3.05) is 16.8 Å². The van der Waals surface area contributed by atoms with Gasteiger partial charge in [0.1, 0.15) is 0 Å². The fraction of sp³-hybridized carbons (Fsp3) is 0.211. The molecule has 0 aromatic heterocycles. The molecule has 0 spiro atoms. The molecule has 0 saturated carbocycles. The Kier molecular flexibility index (Phi) is 4.73. The molecule has 1 N–H and O–H groups in total. The number of anilines is 2. The van der Waals surface area contributed by atoms with E-state index in [1.807, 2.05) is 13.0 Å². The Morgan fingerprint density at radius 1 is 1.28 bits per heavy atom. The molecule has 2 aromatic carbocycles. The molecule has 6 heteroatoms. The van der Waals surface area contributed by atoms with Crippen LogP contribution < -0.4 is 10.2 Å². The summed E-state index contributed by atoms with van der Waals surface area (Å²) in [4.78, 5) is 26.4. The van der Waals surface area contributed by atoms with Gasteiger partial charge in [-0.15, -0.1) is 0 Å². The van der Waals surface area contributed by atoms with Gasteiger partial charge >= 0.3 is 0 Å². The maximum absolute atomic E-state index is 12.5.